The van der Waals surface area contributed by atoms with Gasteiger partial charge in [-0.3, -0.25) is 4.79 Å². The second-order valence-electron chi connectivity index (χ2n) is 3.85. The molecule has 2 unspecified atom stereocenters. The molecule has 0 radical (unpaired) electrons. The molecule has 0 saturated carbocycles. The number of allylic oxidation sites excluding steroid dienone is 1. The van der Waals surface area contributed by atoms with Gasteiger partial charge in [0.1, 0.15) is 18.5 Å². The van der Waals surface area contributed by atoms with Gasteiger partial charge in [-0.05, 0) is 17.2 Å². The lowest BCUT2D eigenvalue weighted by molar-refractivity contribution is -0.116. The van der Waals surface area contributed by atoms with Crippen LogP contribution in [-0.2, 0) is 14.3 Å². The summed E-state index contributed by atoms with van der Waals surface area (Å²) in [7, 11) is 0. The molecule has 0 aliphatic rings. The molecule has 0 fully saturated rings. The minimum atomic E-state index is -1.06. The van der Waals surface area contributed by atoms with Crippen molar-refractivity contribution in [3.05, 3.63) is 42.0 Å². The van der Waals surface area contributed by atoms with E-state index in [4.69, 9.17) is 9.84 Å². The van der Waals surface area contributed by atoms with Crippen LogP contribution in [-0.4, -0.2) is 48.2 Å². The van der Waals surface area contributed by atoms with E-state index in [1.54, 1.807) is 24.3 Å². The molecule has 2 N–H and O–H groups in total. The van der Waals surface area contributed by atoms with Crippen LogP contribution in [0.4, 0.5) is 0 Å². The predicted octanol–water partition coefficient (Wildman–Crippen LogP) is 0.206. The van der Waals surface area contributed by atoms with Gasteiger partial charge in [0.15, 0.2) is 6.29 Å². The third-order valence-electron chi connectivity index (χ3n) is 2.46. The SMILES string of the molecule is O=CC=C(c1ccccc1)C(C=O)OCC(O)CO. The number of hydrogen-bond donors (Lipinski definition) is 2. The molecule has 5 heteroatoms. The van der Waals surface area contributed by atoms with E-state index < -0.39 is 18.8 Å². The number of aldehydes is 2. The Hall–Kier alpha value is -1.82. The third kappa shape index (κ3) is 4.75. The molecule has 5 nitrogen and oxygen atoms in total. The first-order chi connectivity index (χ1) is 9.22. The summed E-state index contributed by atoms with van der Waals surface area (Å²) in [6.45, 7) is -0.646. The van der Waals surface area contributed by atoms with E-state index in [1.807, 2.05) is 6.07 Å². The predicted molar refractivity (Wildman–Crippen MR) is 69.4 cm³/mol. The number of hydrogen-bond acceptors (Lipinski definition) is 5. The normalized spacial score (nSPS) is 14.7. The highest BCUT2D eigenvalue weighted by atomic mass is 16.5. The molecule has 0 aromatic heterocycles. The fraction of sp³-hybridized carbons (Fsp3) is 0.286. The van der Waals surface area contributed by atoms with Crippen molar-refractivity contribution in [2.75, 3.05) is 13.2 Å². The van der Waals surface area contributed by atoms with Gasteiger partial charge < -0.3 is 19.7 Å². The van der Waals surface area contributed by atoms with Crippen molar-refractivity contribution in [3.8, 4) is 0 Å². The Labute approximate surface area is 111 Å². The van der Waals surface area contributed by atoms with Crippen LogP contribution in [0, 0.1) is 0 Å². The summed E-state index contributed by atoms with van der Waals surface area (Å²) in [5.74, 6) is 0. The van der Waals surface area contributed by atoms with E-state index in [0.29, 0.717) is 23.7 Å². The van der Waals surface area contributed by atoms with Crippen molar-refractivity contribution >= 4 is 18.1 Å². The highest BCUT2D eigenvalue weighted by Gasteiger charge is 2.17. The number of carbonyl (C=O) groups excluding carboxylic acids is 2. The van der Waals surface area contributed by atoms with Gasteiger partial charge in [0.2, 0.25) is 0 Å². The van der Waals surface area contributed by atoms with E-state index in [-0.39, 0.29) is 6.61 Å². The summed E-state index contributed by atoms with van der Waals surface area (Å²) in [6.07, 6.45) is 0.348. The molecule has 0 aliphatic heterocycles. The fourth-order valence-corrected chi connectivity index (χ4v) is 1.53. The van der Waals surface area contributed by atoms with Crippen LogP contribution in [0.2, 0.25) is 0 Å². The Morgan fingerprint density at radius 3 is 2.47 bits per heavy atom. The lowest BCUT2D eigenvalue weighted by atomic mass is 10.0. The van der Waals surface area contributed by atoms with Crippen LogP contribution in [0.1, 0.15) is 5.56 Å². The molecule has 0 saturated heterocycles. The van der Waals surface area contributed by atoms with Crippen molar-refractivity contribution in [1.82, 2.24) is 0 Å². The zero-order valence-corrected chi connectivity index (χ0v) is 10.3. The van der Waals surface area contributed by atoms with Gasteiger partial charge in [0.25, 0.3) is 0 Å². The highest BCUT2D eigenvalue weighted by Crippen LogP contribution is 2.19. The molecule has 1 aromatic carbocycles. The lowest BCUT2D eigenvalue weighted by Crippen LogP contribution is -2.26. The molecule has 2 atom stereocenters. The highest BCUT2D eigenvalue weighted by molar-refractivity contribution is 5.90. The number of rotatable bonds is 8. The van der Waals surface area contributed by atoms with Gasteiger partial charge >= 0.3 is 0 Å². The Bertz CT molecular complexity index is 427. The maximum Gasteiger partial charge on any atom is 0.153 e. The van der Waals surface area contributed by atoms with Gasteiger partial charge in [-0.1, -0.05) is 30.3 Å². The van der Waals surface area contributed by atoms with Crippen molar-refractivity contribution in [2.45, 2.75) is 12.2 Å². The van der Waals surface area contributed by atoms with Crippen molar-refractivity contribution in [2.24, 2.45) is 0 Å². The molecule has 19 heavy (non-hydrogen) atoms. The second kappa shape index (κ2) is 8.31. The standard InChI is InChI=1S/C14H16O5/c15-7-6-13(11-4-2-1-3-5-11)14(9-17)19-10-12(18)8-16/h1-7,9,12,14,16,18H,8,10H2. The quantitative estimate of drug-likeness (QED) is 0.518. The monoisotopic (exact) mass is 264 g/mol. The zero-order valence-electron chi connectivity index (χ0n) is 10.3. The molecule has 0 aliphatic carbocycles. The molecule has 1 rings (SSSR count). The van der Waals surface area contributed by atoms with Crippen molar-refractivity contribution in [1.29, 1.82) is 0 Å². The summed E-state index contributed by atoms with van der Waals surface area (Å²) in [4.78, 5) is 21.7. The molecule has 0 spiro atoms. The van der Waals surface area contributed by atoms with Crippen LogP contribution in [0.5, 0.6) is 0 Å². The van der Waals surface area contributed by atoms with E-state index in [2.05, 4.69) is 0 Å². The molecule has 1 aromatic rings. The molecule has 0 heterocycles. The van der Waals surface area contributed by atoms with Crippen LogP contribution in [0.3, 0.4) is 0 Å². The second-order valence-corrected chi connectivity index (χ2v) is 3.85. The van der Waals surface area contributed by atoms with Gasteiger partial charge in [-0.25, -0.2) is 0 Å². The van der Waals surface area contributed by atoms with E-state index >= 15 is 0 Å². The first kappa shape index (κ1) is 15.2. The van der Waals surface area contributed by atoms with Gasteiger partial charge in [-0.2, -0.15) is 0 Å². The number of aliphatic hydroxyl groups excluding tert-OH is 2. The lowest BCUT2D eigenvalue weighted by Gasteiger charge is -2.17. The molecule has 0 bridgehead atoms. The number of benzene rings is 1. The number of carbonyl (C=O) groups is 2. The van der Waals surface area contributed by atoms with Crippen LogP contribution < -0.4 is 0 Å². The van der Waals surface area contributed by atoms with Crippen molar-refractivity contribution < 1.29 is 24.5 Å². The summed E-state index contributed by atoms with van der Waals surface area (Å²) in [5.41, 5.74) is 1.10. The summed E-state index contributed by atoms with van der Waals surface area (Å²) in [6, 6.07) is 8.86. The van der Waals surface area contributed by atoms with Crippen molar-refractivity contribution in [3.63, 3.8) is 0 Å². The Morgan fingerprint density at radius 2 is 1.95 bits per heavy atom. The average molecular weight is 264 g/mol. The molecular formula is C14H16O5. The topological polar surface area (TPSA) is 83.8 Å². The Kier molecular flexibility index (Phi) is 6.67. The van der Waals surface area contributed by atoms with Crippen LogP contribution in [0.15, 0.2) is 36.4 Å². The van der Waals surface area contributed by atoms with Crippen LogP contribution >= 0.6 is 0 Å². The fourth-order valence-electron chi connectivity index (χ4n) is 1.53. The molecule has 102 valence electrons. The summed E-state index contributed by atoms with van der Waals surface area (Å²) >= 11 is 0. The van der Waals surface area contributed by atoms with E-state index in [9.17, 15) is 14.7 Å². The van der Waals surface area contributed by atoms with E-state index in [1.165, 1.54) is 6.08 Å². The van der Waals surface area contributed by atoms with E-state index in [0.717, 1.165) is 0 Å². The molecular weight excluding hydrogens is 248 g/mol. The minimum absolute atomic E-state index is 0.192. The van der Waals surface area contributed by atoms with Crippen LogP contribution in [0.25, 0.3) is 5.57 Å². The minimum Gasteiger partial charge on any atom is -0.394 e. The maximum absolute atomic E-state index is 11.1. The number of ether oxygens (including phenoxy) is 1. The van der Waals surface area contributed by atoms with Gasteiger partial charge in [0, 0.05) is 0 Å². The zero-order chi connectivity index (χ0) is 14.1. The first-order valence-corrected chi connectivity index (χ1v) is 5.79. The average Bonchev–Trinajstić information content (AvgIpc) is 2.47. The summed E-state index contributed by atoms with van der Waals surface area (Å²) in [5, 5.41) is 17.9. The number of aliphatic hydroxyl groups is 2. The van der Waals surface area contributed by atoms with Gasteiger partial charge in [0.05, 0.1) is 13.2 Å². The third-order valence-corrected chi connectivity index (χ3v) is 2.46. The first-order valence-electron chi connectivity index (χ1n) is 5.79. The van der Waals surface area contributed by atoms with Gasteiger partial charge in [-0.15, -0.1) is 0 Å². The maximum atomic E-state index is 11.1. The largest absolute Gasteiger partial charge is 0.394 e. The molecule has 0 amide bonds. The Morgan fingerprint density at radius 1 is 1.26 bits per heavy atom. The Balaban J connectivity index is 2.87. The smallest absolute Gasteiger partial charge is 0.153 e. The summed E-state index contributed by atoms with van der Waals surface area (Å²) < 4.78 is 5.21.